The minimum Gasteiger partial charge on any atom is -0.503 e. The molecular formula is C20H16F4N2O4. The van der Waals surface area contributed by atoms with E-state index in [2.05, 4.69) is 5.32 Å². The van der Waals surface area contributed by atoms with Crippen molar-refractivity contribution in [1.82, 2.24) is 9.88 Å². The van der Waals surface area contributed by atoms with Crippen LogP contribution in [0.1, 0.15) is 34.5 Å². The summed E-state index contributed by atoms with van der Waals surface area (Å²) >= 11 is 0. The zero-order chi connectivity index (χ0) is 22.3. The van der Waals surface area contributed by atoms with Gasteiger partial charge in [0.2, 0.25) is 5.91 Å². The zero-order valence-corrected chi connectivity index (χ0v) is 15.8. The van der Waals surface area contributed by atoms with E-state index in [-0.39, 0.29) is 27.7 Å². The Morgan fingerprint density at radius 1 is 1.10 bits per heavy atom. The Balaban J connectivity index is 2.34. The summed E-state index contributed by atoms with van der Waals surface area (Å²) in [6.07, 6.45) is 0. The van der Waals surface area contributed by atoms with Crippen LogP contribution in [0.25, 0.3) is 10.9 Å². The van der Waals surface area contributed by atoms with Crippen LogP contribution in [0.5, 0.6) is 5.75 Å². The number of phenols is 1. The number of aliphatic hydroxyl groups excluding tert-OH is 1. The first-order valence-electron chi connectivity index (χ1n) is 8.70. The molecule has 3 N–H and O–H groups in total. The maximum Gasteiger partial charge on any atom is 0.262 e. The van der Waals surface area contributed by atoms with E-state index >= 15 is 0 Å². The van der Waals surface area contributed by atoms with Crippen LogP contribution in [0.15, 0.2) is 24.3 Å². The van der Waals surface area contributed by atoms with Gasteiger partial charge in [-0.1, -0.05) is 0 Å². The number of halogens is 4. The lowest BCUT2D eigenvalue weighted by Gasteiger charge is -2.13. The molecule has 0 radical (unpaired) electrons. The van der Waals surface area contributed by atoms with Crippen molar-refractivity contribution in [2.75, 3.05) is 6.73 Å². The van der Waals surface area contributed by atoms with Crippen LogP contribution in [0.3, 0.4) is 0 Å². The fourth-order valence-electron chi connectivity index (χ4n) is 3.42. The van der Waals surface area contributed by atoms with Crippen molar-refractivity contribution in [2.24, 2.45) is 0 Å². The lowest BCUT2D eigenvalue weighted by molar-refractivity contribution is -0.123. The van der Waals surface area contributed by atoms with Gasteiger partial charge in [-0.2, -0.15) is 0 Å². The van der Waals surface area contributed by atoms with E-state index in [1.165, 1.54) is 13.8 Å². The highest BCUT2D eigenvalue weighted by Gasteiger charge is 2.30. The first-order chi connectivity index (χ1) is 14.1. The summed E-state index contributed by atoms with van der Waals surface area (Å²) < 4.78 is 56.6. The molecule has 1 aromatic heterocycles. The van der Waals surface area contributed by atoms with Crippen LogP contribution in [-0.2, 0) is 4.79 Å². The normalized spacial score (nSPS) is 12.2. The number of nitrogens with one attached hydrogen (secondary N) is 1. The maximum atomic E-state index is 14.8. The molecular weight excluding hydrogens is 408 g/mol. The summed E-state index contributed by atoms with van der Waals surface area (Å²) in [6, 6.07) is 3.08. The monoisotopic (exact) mass is 424 g/mol. The first-order valence-corrected chi connectivity index (χ1v) is 8.70. The third-order valence-electron chi connectivity index (χ3n) is 4.86. The van der Waals surface area contributed by atoms with Crippen LogP contribution in [0.4, 0.5) is 17.6 Å². The molecule has 0 bridgehead atoms. The highest BCUT2D eigenvalue weighted by atomic mass is 19.2. The smallest absolute Gasteiger partial charge is 0.262 e. The summed E-state index contributed by atoms with van der Waals surface area (Å²) in [5.41, 5.74) is -0.639. The lowest BCUT2D eigenvalue weighted by Crippen LogP contribution is -2.29. The third kappa shape index (κ3) is 3.28. The minimum absolute atomic E-state index is 0.0178. The topological polar surface area (TPSA) is 91.6 Å². The molecule has 10 heteroatoms. The van der Waals surface area contributed by atoms with Crippen molar-refractivity contribution in [3.63, 3.8) is 0 Å². The average molecular weight is 424 g/mol. The van der Waals surface area contributed by atoms with Gasteiger partial charge in [-0.05, 0) is 37.6 Å². The summed E-state index contributed by atoms with van der Waals surface area (Å²) in [5.74, 6) is -9.27. The van der Waals surface area contributed by atoms with E-state index < -0.39 is 53.5 Å². The minimum atomic E-state index is -1.39. The molecule has 1 amide bonds. The van der Waals surface area contributed by atoms with Gasteiger partial charge in [0.15, 0.2) is 29.0 Å². The number of phenolic OH excluding ortho intramolecular Hbond substituents is 1. The molecule has 3 aromatic rings. The number of amides is 1. The molecule has 0 aliphatic heterocycles. The van der Waals surface area contributed by atoms with Gasteiger partial charge in [-0.25, -0.2) is 17.6 Å². The standard InChI is InChI=1S/C20H16F4N2O4/c1-8(19(29)25-7-27)15-9(2)26(14-6-13(23)18(28)17(24)16(14)15)20(30)10-3-4-11(21)12(22)5-10/h3-6,8,27-28H,7H2,1-2H3,(H,25,29)/t8-/m1/s1. The van der Waals surface area contributed by atoms with Crippen molar-refractivity contribution in [1.29, 1.82) is 0 Å². The quantitative estimate of drug-likeness (QED) is 0.444. The molecule has 3 rings (SSSR count). The van der Waals surface area contributed by atoms with Gasteiger partial charge in [0.25, 0.3) is 5.91 Å². The van der Waals surface area contributed by atoms with Crippen molar-refractivity contribution in [2.45, 2.75) is 19.8 Å². The molecule has 0 spiro atoms. The zero-order valence-electron chi connectivity index (χ0n) is 15.8. The number of carbonyl (C=O) groups is 2. The van der Waals surface area contributed by atoms with Crippen molar-refractivity contribution < 1.29 is 37.4 Å². The van der Waals surface area contributed by atoms with Gasteiger partial charge in [-0.15, -0.1) is 0 Å². The molecule has 0 aliphatic rings. The van der Waals surface area contributed by atoms with Gasteiger partial charge in [0, 0.05) is 22.7 Å². The predicted octanol–water partition coefficient (Wildman–Crippen LogP) is 3.07. The van der Waals surface area contributed by atoms with Crippen molar-refractivity contribution >= 4 is 22.7 Å². The second-order valence-corrected chi connectivity index (χ2v) is 6.60. The van der Waals surface area contributed by atoms with Crippen LogP contribution in [0, 0.1) is 30.2 Å². The van der Waals surface area contributed by atoms with E-state index in [0.29, 0.717) is 12.1 Å². The summed E-state index contributed by atoms with van der Waals surface area (Å²) in [6.45, 7) is 2.01. The fraction of sp³-hybridized carbons (Fsp3) is 0.200. The first kappa shape index (κ1) is 21.3. The highest BCUT2D eigenvalue weighted by molar-refractivity contribution is 6.05. The molecule has 6 nitrogen and oxygen atoms in total. The number of benzene rings is 2. The Morgan fingerprint density at radius 3 is 2.37 bits per heavy atom. The van der Waals surface area contributed by atoms with Crippen molar-refractivity contribution in [3.8, 4) is 5.75 Å². The average Bonchev–Trinajstić information content (AvgIpc) is 2.99. The van der Waals surface area contributed by atoms with E-state index in [1.807, 2.05) is 0 Å². The Morgan fingerprint density at radius 2 is 1.77 bits per heavy atom. The van der Waals surface area contributed by atoms with Crippen LogP contribution in [-0.4, -0.2) is 33.3 Å². The summed E-state index contributed by atoms with van der Waals surface area (Å²) in [4.78, 5) is 25.2. The molecule has 30 heavy (non-hydrogen) atoms. The van der Waals surface area contributed by atoms with Gasteiger partial charge < -0.3 is 15.5 Å². The highest BCUT2D eigenvalue weighted by Crippen LogP contribution is 2.38. The molecule has 0 fully saturated rings. The molecule has 2 aromatic carbocycles. The summed E-state index contributed by atoms with van der Waals surface area (Å²) in [5, 5.41) is 20.4. The molecule has 0 unspecified atom stereocenters. The molecule has 0 aliphatic carbocycles. The SMILES string of the molecule is Cc1c([C@@H](C)C(=O)NCO)c2c(F)c(O)c(F)cc2n1C(=O)c1ccc(F)c(F)c1. The van der Waals surface area contributed by atoms with Gasteiger partial charge in [-0.3, -0.25) is 14.2 Å². The predicted molar refractivity (Wildman–Crippen MR) is 98.0 cm³/mol. The maximum absolute atomic E-state index is 14.8. The second kappa shape index (κ2) is 7.79. The van der Waals surface area contributed by atoms with Crippen LogP contribution < -0.4 is 5.32 Å². The molecule has 1 heterocycles. The van der Waals surface area contributed by atoms with Gasteiger partial charge in [0.05, 0.1) is 11.4 Å². The van der Waals surface area contributed by atoms with Gasteiger partial charge in [0.1, 0.15) is 6.73 Å². The number of aromatic nitrogens is 1. The Hall–Kier alpha value is -3.40. The third-order valence-corrected chi connectivity index (χ3v) is 4.86. The summed E-state index contributed by atoms with van der Waals surface area (Å²) in [7, 11) is 0. The number of hydrogen-bond acceptors (Lipinski definition) is 4. The fourth-order valence-corrected chi connectivity index (χ4v) is 3.42. The number of rotatable bonds is 4. The number of aromatic hydroxyl groups is 1. The van der Waals surface area contributed by atoms with Crippen LogP contribution >= 0.6 is 0 Å². The second-order valence-electron chi connectivity index (χ2n) is 6.60. The number of fused-ring (bicyclic) bond motifs is 1. The Bertz CT molecular complexity index is 1190. The van der Waals surface area contributed by atoms with E-state index in [9.17, 15) is 32.3 Å². The molecule has 0 saturated heterocycles. The van der Waals surface area contributed by atoms with E-state index in [1.54, 1.807) is 0 Å². The Labute approximate surface area is 167 Å². The van der Waals surface area contributed by atoms with Crippen molar-refractivity contribution in [3.05, 3.63) is 64.4 Å². The van der Waals surface area contributed by atoms with E-state index in [4.69, 9.17) is 5.11 Å². The number of nitrogens with zero attached hydrogens (tertiary/aromatic N) is 1. The Kier molecular flexibility index (Phi) is 5.53. The molecule has 0 saturated carbocycles. The lowest BCUT2D eigenvalue weighted by atomic mass is 9.96. The number of aliphatic hydroxyl groups is 1. The molecule has 158 valence electrons. The number of carbonyl (C=O) groups excluding carboxylic acids is 2. The number of hydrogen-bond donors (Lipinski definition) is 3. The largest absolute Gasteiger partial charge is 0.503 e. The van der Waals surface area contributed by atoms with E-state index in [0.717, 1.165) is 16.7 Å². The molecule has 1 atom stereocenters. The van der Waals surface area contributed by atoms with Gasteiger partial charge >= 0.3 is 0 Å². The van der Waals surface area contributed by atoms with Crippen LogP contribution in [0.2, 0.25) is 0 Å².